The van der Waals surface area contributed by atoms with Gasteiger partial charge in [0.1, 0.15) is 0 Å². The fourth-order valence-corrected chi connectivity index (χ4v) is 2.11. The SMILES string of the molecule is CC1NCCN(Cc2ccnn2C)C1C.Cl. The van der Waals surface area contributed by atoms with Crippen molar-refractivity contribution in [2.45, 2.75) is 32.5 Å². The monoisotopic (exact) mass is 244 g/mol. The predicted molar refractivity (Wildman–Crippen MR) is 67.8 cm³/mol. The van der Waals surface area contributed by atoms with Crippen molar-refractivity contribution in [3.8, 4) is 0 Å². The summed E-state index contributed by atoms with van der Waals surface area (Å²) < 4.78 is 1.96. The van der Waals surface area contributed by atoms with E-state index < -0.39 is 0 Å². The third-order valence-electron chi connectivity index (χ3n) is 3.45. The van der Waals surface area contributed by atoms with Gasteiger partial charge in [-0.2, -0.15) is 5.10 Å². The lowest BCUT2D eigenvalue weighted by Gasteiger charge is -2.38. The van der Waals surface area contributed by atoms with Gasteiger partial charge in [0.2, 0.25) is 0 Å². The number of rotatable bonds is 2. The molecule has 0 spiro atoms. The summed E-state index contributed by atoms with van der Waals surface area (Å²) in [6, 6.07) is 3.26. The Balaban J connectivity index is 0.00000128. The fourth-order valence-electron chi connectivity index (χ4n) is 2.11. The molecule has 2 atom stereocenters. The van der Waals surface area contributed by atoms with Gasteiger partial charge in [-0.15, -0.1) is 12.4 Å². The molecular weight excluding hydrogens is 224 g/mol. The van der Waals surface area contributed by atoms with Crippen molar-refractivity contribution in [1.82, 2.24) is 20.0 Å². The average molecular weight is 245 g/mol. The number of nitrogens with zero attached hydrogens (tertiary/aromatic N) is 3. The lowest BCUT2D eigenvalue weighted by Crippen LogP contribution is -2.54. The van der Waals surface area contributed by atoms with Crippen LogP contribution in [0.2, 0.25) is 0 Å². The molecule has 1 N–H and O–H groups in total. The minimum absolute atomic E-state index is 0. The maximum atomic E-state index is 4.20. The highest BCUT2D eigenvalue weighted by Gasteiger charge is 2.24. The molecule has 0 aromatic carbocycles. The summed E-state index contributed by atoms with van der Waals surface area (Å²) in [6.45, 7) is 7.75. The van der Waals surface area contributed by atoms with Crippen LogP contribution in [-0.4, -0.2) is 39.9 Å². The summed E-state index contributed by atoms with van der Waals surface area (Å²) in [5, 5.41) is 7.69. The first-order chi connectivity index (χ1) is 7.18. The van der Waals surface area contributed by atoms with E-state index in [0.717, 1.165) is 19.6 Å². The Labute approximate surface area is 103 Å². The molecule has 2 rings (SSSR count). The highest BCUT2D eigenvalue weighted by atomic mass is 35.5. The van der Waals surface area contributed by atoms with Gasteiger partial charge in [-0.1, -0.05) is 0 Å². The van der Waals surface area contributed by atoms with Gasteiger partial charge in [0.25, 0.3) is 0 Å². The highest BCUT2D eigenvalue weighted by Crippen LogP contribution is 2.12. The predicted octanol–water partition coefficient (Wildman–Crippen LogP) is 1.02. The van der Waals surface area contributed by atoms with Crippen molar-refractivity contribution in [3.63, 3.8) is 0 Å². The molecule has 1 aliphatic heterocycles. The number of aryl methyl sites for hydroxylation is 1. The molecule has 1 aromatic rings. The third-order valence-corrected chi connectivity index (χ3v) is 3.45. The normalized spacial score (nSPS) is 26.4. The van der Waals surface area contributed by atoms with Crippen LogP contribution in [0.1, 0.15) is 19.5 Å². The number of piperazine rings is 1. The van der Waals surface area contributed by atoms with Gasteiger partial charge in [0, 0.05) is 45.0 Å². The first-order valence-corrected chi connectivity index (χ1v) is 5.63. The first-order valence-electron chi connectivity index (χ1n) is 5.63. The quantitative estimate of drug-likeness (QED) is 0.844. The third kappa shape index (κ3) is 2.75. The second-order valence-corrected chi connectivity index (χ2v) is 4.40. The largest absolute Gasteiger partial charge is 0.311 e. The summed E-state index contributed by atoms with van der Waals surface area (Å²) in [5.41, 5.74) is 1.29. The summed E-state index contributed by atoms with van der Waals surface area (Å²) in [4.78, 5) is 2.51. The van der Waals surface area contributed by atoms with E-state index in [1.165, 1.54) is 5.69 Å². The van der Waals surface area contributed by atoms with Crippen LogP contribution >= 0.6 is 12.4 Å². The molecule has 0 bridgehead atoms. The lowest BCUT2D eigenvalue weighted by molar-refractivity contribution is 0.128. The van der Waals surface area contributed by atoms with Gasteiger partial charge in [-0.3, -0.25) is 9.58 Å². The fraction of sp³-hybridized carbons (Fsp3) is 0.727. The van der Waals surface area contributed by atoms with Crippen molar-refractivity contribution in [3.05, 3.63) is 18.0 Å². The summed E-state index contributed by atoms with van der Waals surface area (Å²) >= 11 is 0. The Morgan fingerprint density at radius 1 is 1.50 bits per heavy atom. The summed E-state index contributed by atoms with van der Waals surface area (Å²) in [6.07, 6.45) is 1.87. The second kappa shape index (κ2) is 5.66. The summed E-state index contributed by atoms with van der Waals surface area (Å²) in [5.74, 6) is 0. The molecule has 16 heavy (non-hydrogen) atoms. The van der Waals surface area contributed by atoms with E-state index in [9.17, 15) is 0 Å². The van der Waals surface area contributed by atoms with Crippen LogP contribution < -0.4 is 5.32 Å². The molecule has 0 amide bonds. The van der Waals surface area contributed by atoms with Crippen molar-refractivity contribution in [2.75, 3.05) is 13.1 Å². The van der Waals surface area contributed by atoms with Crippen LogP contribution in [0.5, 0.6) is 0 Å². The van der Waals surface area contributed by atoms with Crippen molar-refractivity contribution < 1.29 is 0 Å². The Morgan fingerprint density at radius 3 is 2.88 bits per heavy atom. The van der Waals surface area contributed by atoms with E-state index in [-0.39, 0.29) is 12.4 Å². The Kier molecular flexibility index (Phi) is 4.77. The number of aromatic nitrogens is 2. The zero-order chi connectivity index (χ0) is 10.8. The molecule has 0 aliphatic carbocycles. The zero-order valence-corrected chi connectivity index (χ0v) is 11.0. The minimum atomic E-state index is 0. The van der Waals surface area contributed by atoms with E-state index >= 15 is 0 Å². The number of hydrogen-bond donors (Lipinski definition) is 1. The maximum absolute atomic E-state index is 4.20. The van der Waals surface area contributed by atoms with Crippen LogP contribution in [0.3, 0.4) is 0 Å². The van der Waals surface area contributed by atoms with E-state index in [1.807, 2.05) is 17.9 Å². The Hall–Kier alpha value is -0.580. The van der Waals surface area contributed by atoms with Crippen LogP contribution in [0, 0.1) is 0 Å². The molecular formula is C11H21ClN4. The minimum Gasteiger partial charge on any atom is -0.311 e. The van der Waals surface area contributed by atoms with E-state index in [0.29, 0.717) is 12.1 Å². The van der Waals surface area contributed by atoms with E-state index in [2.05, 4.69) is 35.2 Å². The van der Waals surface area contributed by atoms with Gasteiger partial charge in [0.05, 0.1) is 5.69 Å². The average Bonchev–Trinajstić information content (AvgIpc) is 2.60. The molecule has 0 saturated carbocycles. The number of halogens is 1. The molecule has 92 valence electrons. The molecule has 5 heteroatoms. The first kappa shape index (κ1) is 13.5. The second-order valence-electron chi connectivity index (χ2n) is 4.40. The molecule has 1 saturated heterocycles. The topological polar surface area (TPSA) is 33.1 Å². The zero-order valence-electron chi connectivity index (χ0n) is 10.2. The van der Waals surface area contributed by atoms with Crippen LogP contribution in [0.25, 0.3) is 0 Å². The molecule has 2 heterocycles. The number of nitrogens with one attached hydrogen (secondary N) is 1. The maximum Gasteiger partial charge on any atom is 0.0521 e. The molecule has 1 fully saturated rings. The van der Waals surface area contributed by atoms with E-state index in [4.69, 9.17) is 0 Å². The van der Waals surface area contributed by atoms with Crippen molar-refractivity contribution in [2.24, 2.45) is 7.05 Å². The molecule has 4 nitrogen and oxygen atoms in total. The van der Waals surface area contributed by atoms with Gasteiger partial charge in [-0.05, 0) is 19.9 Å². The molecule has 2 unspecified atom stereocenters. The number of hydrogen-bond acceptors (Lipinski definition) is 3. The standard InChI is InChI=1S/C11H20N4.ClH/c1-9-10(2)15(7-6-12-9)8-11-4-5-13-14(11)3;/h4-5,9-10,12H,6-8H2,1-3H3;1H. The van der Waals surface area contributed by atoms with Crippen molar-refractivity contribution >= 4 is 12.4 Å². The Morgan fingerprint density at radius 2 is 2.25 bits per heavy atom. The molecule has 1 aromatic heterocycles. The van der Waals surface area contributed by atoms with Gasteiger partial charge < -0.3 is 5.32 Å². The highest BCUT2D eigenvalue weighted by molar-refractivity contribution is 5.85. The summed E-state index contributed by atoms with van der Waals surface area (Å²) in [7, 11) is 2.01. The molecule has 1 aliphatic rings. The van der Waals surface area contributed by atoms with Crippen LogP contribution in [0.15, 0.2) is 12.3 Å². The molecule has 0 radical (unpaired) electrons. The van der Waals surface area contributed by atoms with Crippen LogP contribution in [-0.2, 0) is 13.6 Å². The smallest absolute Gasteiger partial charge is 0.0521 e. The van der Waals surface area contributed by atoms with Crippen molar-refractivity contribution in [1.29, 1.82) is 0 Å². The lowest BCUT2D eigenvalue weighted by atomic mass is 10.1. The van der Waals surface area contributed by atoms with Gasteiger partial charge in [-0.25, -0.2) is 0 Å². The van der Waals surface area contributed by atoms with E-state index in [1.54, 1.807) is 0 Å². The van der Waals surface area contributed by atoms with Gasteiger partial charge in [0.15, 0.2) is 0 Å². The Bertz CT molecular complexity index is 326. The van der Waals surface area contributed by atoms with Gasteiger partial charge >= 0.3 is 0 Å². The van der Waals surface area contributed by atoms with Crippen LogP contribution in [0.4, 0.5) is 0 Å².